The van der Waals surface area contributed by atoms with Gasteiger partial charge in [0, 0.05) is 24.6 Å². The molecule has 4 nitrogen and oxygen atoms in total. The monoisotopic (exact) mass is 294 g/mol. The van der Waals surface area contributed by atoms with Crippen LogP contribution >= 0.6 is 11.3 Å². The number of thiophene rings is 1. The van der Waals surface area contributed by atoms with Crippen LogP contribution in [0.3, 0.4) is 0 Å². The van der Waals surface area contributed by atoms with E-state index in [1.165, 1.54) is 4.88 Å². The van der Waals surface area contributed by atoms with Crippen molar-refractivity contribution in [2.24, 2.45) is 0 Å². The van der Waals surface area contributed by atoms with Crippen molar-refractivity contribution < 1.29 is 9.53 Å². The molecule has 0 radical (unpaired) electrons. The third-order valence-corrected chi connectivity index (χ3v) is 5.09. The van der Waals surface area contributed by atoms with Gasteiger partial charge in [-0.25, -0.2) is 0 Å². The quantitative estimate of drug-likeness (QED) is 0.905. The first-order valence-corrected chi connectivity index (χ1v) is 8.38. The number of hydrogen-bond donors (Lipinski definition) is 1. The first-order valence-electron chi connectivity index (χ1n) is 7.50. The van der Waals surface area contributed by atoms with E-state index in [0.29, 0.717) is 18.7 Å². The summed E-state index contributed by atoms with van der Waals surface area (Å²) in [6.45, 7) is 2.99. The van der Waals surface area contributed by atoms with E-state index >= 15 is 0 Å². The molecule has 1 N–H and O–H groups in total. The number of rotatable bonds is 5. The molecule has 1 aromatic rings. The molecule has 2 saturated heterocycles. The molecule has 20 heavy (non-hydrogen) atoms. The zero-order chi connectivity index (χ0) is 13.8. The molecule has 0 bridgehead atoms. The summed E-state index contributed by atoms with van der Waals surface area (Å²) in [6.07, 6.45) is 4.77. The first kappa shape index (κ1) is 14.0. The number of hydrogen-bond acceptors (Lipinski definition) is 4. The molecule has 2 aliphatic rings. The Bertz CT molecular complexity index is 429. The van der Waals surface area contributed by atoms with Crippen molar-refractivity contribution in [3.63, 3.8) is 0 Å². The Labute approximate surface area is 124 Å². The molecule has 2 aliphatic heterocycles. The molecular weight excluding hydrogens is 272 g/mol. The maximum Gasteiger partial charge on any atom is 0.237 e. The lowest BCUT2D eigenvalue weighted by Gasteiger charge is -2.24. The molecule has 0 aromatic carbocycles. The van der Waals surface area contributed by atoms with Crippen molar-refractivity contribution in [1.82, 2.24) is 10.2 Å². The Balaban J connectivity index is 1.48. The summed E-state index contributed by atoms with van der Waals surface area (Å²) >= 11 is 1.75. The second kappa shape index (κ2) is 6.70. The predicted octanol–water partition coefficient (Wildman–Crippen LogP) is 2.18. The van der Waals surface area contributed by atoms with E-state index in [1.807, 2.05) is 4.90 Å². The Morgan fingerprint density at radius 1 is 1.45 bits per heavy atom. The maximum absolute atomic E-state index is 12.4. The summed E-state index contributed by atoms with van der Waals surface area (Å²) in [5, 5.41) is 5.35. The van der Waals surface area contributed by atoms with Crippen LogP contribution in [0.1, 0.15) is 36.6 Å². The van der Waals surface area contributed by atoms with Crippen LogP contribution < -0.4 is 5.32 Å². The van der Waals surface area contributed by atoms with Crippen molar-refractivity contribution in [1.29, 1.82) is 0 Å². The van der Waals surface area contributed by atoms with Gasteiger partial charge in [0.1, 0.15) is 0 Å². The summed E-state index contributed by atoms with van der Waals surface area (Å²) in [5.74, 6) is 0.221. The van der Waals surface area contributed by atoms with Crippen molar-refractivity contribution in [2.45, 2.75) is 37.8 Å². The smallest absolute Gasteiger partial charge is 0.237 e. The minimum absolute atomic E-state index is 0.221. The van der Waals surface area contributed by atoms with Gasteiger partial charge in [0.2, 0.25) is 5.91 Å². The molecule has 2 atom stereocenters. The van der Waals surface area contributed by atoms with Gasteiger partial charge in [0.15, 0.2) is 0 Å². The number of nitrogens with zero attached hydrogens (tertiary/aromatic N) is 1. The molecule has 2 fully saturated rings. The minimum atomic E-state index is 0.221. The van der Waals surface area contributed by atoms with Gasteiger partial charge >= 0.3 is 0 Å². The topological polar surface area (TPSA) is 41.6 Å². The zero-order valence-corrected chi connectivity index (χ0v) is 12.5. The number of carbonyl (C=O) groups is 1. The van der Waals surface area contributed by atoms with Gasteiger partial charge in [0.05, 0.1) is 18.7 Å². The summed E-state index contributed by atoms with van der Waals surface area (Å²) in [4.78, 5) is 15.7. The van der Waals surface area contributed by atoms with Crippen molar-refractivity contribution >= 4 is 17.2 Å². The van der Waals surface area contributed by atoms with E-state index in [0.717, 1.165) is 45.4 Å². The molecule has 3 rings (SSSR count). The zero-order valence-electron chi connectivity index (χ0n) is 11.7. The SMILES string of the molecule is O=C(CNCC1CCCO1)N1CCCC1c1cccs1. The Kier molecular flexibility index (Phi) is 4.70. The molecule has 5 heteroatoms. The summed E-state index contributed by atoms with van der Waals surface area (Å²) in [6, 6.07) is 4.50. The van der Waals surface area contributed by atoms with Gasteiger partial charge in [-0.2, -0.15) is 0 Å². The maximum atomic E-state index is 12.4. The fourth-order valence-electron chi connectivity index (χ4n) is 3.09. The molecule has 0 saturated carbocycles. The van der Waals surface area contributed by atoms with Gasteiger partial charge in [-0.1, -0.05) is 6.07 Å². The Morgan fingerprint density at radius 2 is 2.40 bits per heavy atom. The number of nitrogens with one attached hydrogen (secondary N) is 1. The van der Waals surface area contributed by atoms with Crippen molar-refractivity contribution in [3.8, 4) is 0 Å². The van der Waals surface area contributed by atoms with Crippen LogP contribution in [-0.4, -0.2) is 43.2 Å². The van der Waals surface area contributed by atoms with Crippen LogP contribution in [0.2, 0.25) is 0 Å². The van der Waals surface area contributed by atoms with Gasteiger partial charge in [-0.05, 0) is 37.1 Å². The van der Waals surface area contributed by atoms with Crippen LogP contribution in [0.4, 0.5) is 0 Å². The lowest BCUT2D eigenvalue weighted by Crippen LogP contribution is -2.39. The molecule has 0 spiro atoms. The van der Waals surface area contributed by atoms with Crippen molar-refractivity contribution in [3.05, 3.63) is 22.4 Å². The third kappa shape index (κ3) is 3.22. The van der Waals surface area contributed by atoms with Gasteiger partial charge in [-0.3, -0.25) is 4.79 Å². The van der Waals surface area contributed by atoms with E-state index in [4.69, 9.17) is 4.74 Å². The van der Waals surface area contributed by atoms with Crippen LogP contribution in [-0.2, 0) is 9.53 Å². The fourth-order valence-corrected chi connectivity index (χ4v) is 3.96. The second-order valence-electron chi connectivity index (χ2n) is 5.53. The summed E-state index contributed by atoms with van der Waals surface area (Å²) < 4.78 is 5.55. The summed E-state index contributed by atoms with van der Waals surface area (Å²) in [7, 11) is 0. The average molecular weight is 294 g/mol. The Morgan fingerprint density at radius 3 is 3.15 bits per heavy atom. The molecule has 2 unspecified atom stereocenters. The highest BCUT2D eigenvalue weighted by Gasteiger charge is 2.30. The van der Waals surface area contributed by atoms with Gasteiger partial charge in [-0.15, -0.1) is 11.3 Å². The van der Waals surface area contributed by atoms with Crippen molar-refractivity contribution in [2.75, 3.05) is 26.2 Å². The largest absolute Gasteiger partial charge is 0.377 e. The molecule has 110 valence electrons. The number of carbonyl (C=O) groups excluding carboxylic acids is 1. The molecule has 0 aliphatic carbocycles. The number of likely N-dealkylation sites (tertiary alicyclic amines) is 1. The lowest BCUT2D eigenvalue weighted by atomic mass is 10.2. The highest BCUT2D eigenvalue weighted by atomic mass is 32.1. The highest BCUT2D eigenvalue weighted by Crippen LogP contribution is 2.34. The number of ether oxygens (including phenoxy) is 1. The normalized spacial score (nSPS) is 26.3. The molecule has 1 aromatic heterocycles. The molecule has 3 heterocycles. The fraction of sp³-hybridized carbons (Fsp3) is 0.667. The molecule has 1 amide bonds. The van der Waals surface area contributed by atoms with Crippen LogP contribution in [0.15, 0.2) is 17.5 Å². The van der Waals surface area contributed by atoms with Crippen LogP contribution in [0, 0.1) is 0 Å². The number of amides is 1. The third-order valence-electron chi connectivity index (χ3n) is 4.12. The lowest BCUT2D eigenvalue weighted by molar-refractivity contribution is -0.131. The average Bonchev–Trinajstić information content (AvgIpc) is 3.19. The van der Waals surface area contributed by atoms with Gasteiger partial charge in [0.25, 0.3) is 0 Å². The van der Waals surface area contributed by atoms with E-state index in [2.05, 4.69) is 22.8 Å². The van der Waals surface area contributed by atoms with Gasteiger partial charge < -0.3 is 15.0 Å². The van der Waals surface area contributed by atoms with Crippen LogP contribution in [0.25, 0.3) is 0 Å². The van der Waals surface area contributed by atoms with E-state index < -0.39 is 0 Å². The summed E-state index contributed by atoms with van der Waals surface area (Å²) in [5.41, 5.74) is 0. The van der Waals surface area contributed by atoms with E-state index in [1.54, 1.807) is 11.3 Å². The van der Waals surface area contributed by atoms with Crippen LogP contribution in [0.5, 0.6) is 0 Å². The second-order valence-corrected chi connectivity index (χ2v) is 6.51. The standard InChI is InChI=1S/C15H22N2O2S/c18-15(11-16-10-12-4-2-8-19-12)17-7-1-5-13(17)14-6-3-9-20-14/h3,6,9,12-13,16H,1-2,4-5,7-8,10-11H2. The predicted molar refractivity (Wildman–Crippen MR) is 79.9 cm³/mol. The van der Waals surface area contributed by atoms with E-state index in [9.17, 15) is 4.79 Å². The first-order chi connectivity index (χ1) is 9.84. The highest BCUT2D eigenvalue weighted by molar-refractivity contribution is 7.10. The molecular formula is C15H22N2O2S. The Hall–Kier alpha value is -0.910. The minimum Gasteiger partial charge on any atom is -0.377 e. The van der Waals surface area contributed by atoms with E-state index in [-0.39, 0.29) is 5.91 Å².